The maximum atomic E-state index is 4.77. The topological polar surface area (TPSA) is 42.9 Å². The number of hydrogen-bond acceptors (Lipinski definition) is 3. The number of halogens is 1. The zero-order valence-corrected chi connectivity index (χ0v) is 16.8. The Hall–Kier alpha value is -0.0800. The minimum Gasteiger partial charge on any atom is -0.357 e. The Morgan fingerprint density at radius 1 is 1.24 bits per heavy atom. The Kier molecular flexibility index (Phi) is 10.6. The fourth-order valence-electron chi connectivity index (χ4n) is 2.20. The molecule has 0 radical (unpaired) electrons. The number of likely N-dealkylation sites (N-methyl/N-ethyl adjacent to an activating group) is 2. The van der Waals surface area contributed by atoms with Crippen LogP contribution in [0.25, 0.3) is 0 Å². The van der Waals surface area contributed by atoms with Crippen molar-refractivity contribution in [3.8, 4) is 0 Å². The molecule has 1 aliphatic heterocycles. The molecular formula is C15H34IN5. The molecular weight excluding hydrogens is 377 g/mol. The van der Waals surface area contributed by atoms with E-state index in [4.69, 9.17) is 4.99 Å². The molecule has 0 spiro atoms. The predicted molar refractivity (Wildman–Crippen MR) is 103 cm³/mol. The molecule has 0 bridgehead atoms. The molecule has 6 heteroatoms. The van der Waals surface area contributed by atoms with E-state index in [0.717, 1.165) is 38.7 Å². The van der Waals surface area contributed by atoms with Gasteiger partial charge in [0, 0.05) is 38.3 Å². The summed E-state index contributed by atoms with van der Waals surface area (Å²) in [6.07, 6.45) is 0. The van der Waals surface area contributed by atoms with Crippen LogP contribution in [0.4, 0.5) is 0 Å². The summed E-state index contributed by atoms with van der Waals surface area (Å²) < 4.78 is 0. The van der Waals surface area contributed by atoms with Gasteiger partial charge in [-0.1, -0.05) is 13.8 Å². The molecule has 0 saturated carbocycles. The molecule has 0 aromatic rings. The number of piperazine rings is 1. The number of aliphatic imine (C=N–C) groups is 1. The molecule has 21 heavy (non-hydrogen) atoms. The molecule has 0 aromatic carbocycles. The van der Waals surface area contributed by atoms with Crippen molar-refractivity contribution in [2.75, 3.05) is 46.8 Å². The van der Waals surface area contributed by atoms with E-state index in [0.29, 0.717) is 18.0 Å². The van der Waals surface area contributed by atoms with Crippen LogP contribution in [0.3, 0.4) is 0 Å². The second kappa shape index (κ2) is 10.6. The number of nitrogens with one attached hydrogen (secondary N) is 2. The molecule has 2 unspecified atom stereocenters. The van der Waals surface area contributed by atoms with Gasteiger partial charge in [0.05, 0.1) is 6.54 Å². The van der Waals surface area contributed by atoms with E-state index in [1.165, 1.54) is 0 Å². The third-order valence-electron chi connectivity index (χ3n) is 4.15. The Balaban J connectivity index is 0.00000400. The fourth-order valence-corrected chi connectivity index (χ4v) is 2.20. The van der Waals surface area contributed by atoms with E-state index in [2.05, 4.69) is 62.2 Å². The van der Waals surface area contributed by atoms with Gasteiger partial charge in [0.1, 0.15) is 0 Å². The van der Waals surface area contributed by atoms with Gasteiger partial charge in [-0.25, -0.2) is 0 Å². The zero-order valence-electron chi connectivity index (χ0n) is 14.5. The van der Waals surface area contributed by atoms with Crippen molar-refractivity contribution in [1.82, 2.24) is 20.4 Å². The van der Waals surface area contributed by atoms with Crippen LogP contribution in [0.1, 0.15) is 27.7 Å². The quantitative estimate of drug-likeness (QED) is 0.409. The first-order chi connectivity index (χ1) is 9.43. The maximum Gasteiger partial charge on any atom is 0.191 e. The summed E-state index contributed by atoms with van der Waals surface area (Å²) in [4.78, 5) is 9.57. The van der Waals surface area contributed by atoms with E-state index in [-0.39, 0.29) is 24.0 Å². The van der Waals surface area contributed by atoms with Crippen LogP contribution >= 0.6 is 24.0 Å². The summed E-state index contributed by atoms with van der Waals surface area (Å²) in [5.74, 6) is 1.54. The highest BCUT2D eigenvalue weighted by Crippen LogP contribution is 2.06. The molecule has 1 aliphatic rings. The number of guanidine groups is 1. The summed E-state index contributed by atoms with van der Waals surface area (Å²) in [6, 6.07) is 0.943. The van der Waals surface area contributed by atoms with Crippen molar-refractivity contribution in [3.63, 3.8) is 0 Å². The van der Waals surface area contributed by atoms with Gasteiger partial charge in [0.25, 0.3) is 0 Å². The van der Waals surface area contributed by atoms with Gasteiger partial charge >= 0.3 is 0 Å². The Morgan fingerprint density at radius 2 is 1.90 bits per heavy atom. The van der Waals surface area contributed by atoms with Crippen molar-refractivity contribution < 1.29 is 0 Å². The summed E-state index contributed by atoms with van der Waals surface area (Å²) in [6.45, 7) is 13.9. The van der Waals surface area contributed by atoms with Crippen LogP contribution in [0, 0.1) is 5.92 Å². The highest BCUT2D eigenvalue weighted by molar-refractivity contribution is 14.0. The summed E-state index contributed by atoms with van der Waals surface area (Å²) in [5.41, 5.74) is 0. The Bertz CT molecular complexity index is 308. The minimum absolute atomic E-state index is 0. The highest BCUT2D eigenvalue weighted by Gasteiger charge is 2.21. The zero-order chi connectivity index (χ0) is 15.1. The molecule has 1 rings (SSSR count). The molecule has 0 aliphatic carbocycles. The van der Waals surface area contributed by atoms with Crippen LogP contribution in [0.5, 0.6) is 0 Å². The smallest absolute Gasteiger partial charge is 0.191 e. The van der Waals surface area contributed by atoms with Gasteiger partial charge in [-0.05, 0) is 33.9 Å². The van der Waals surface area contributed by atoms with Crippen LogP contribution in [0.2, 0.25) is 0 Å². The number of rotatable bonds is 5. The highest BCUT2D eigenvalue weighted by atomic mass is 127. The van der Waals surface area contributed by atoms with Gasteiger partial charge in [-0.3, -0.25) is 9.89 Å². The van der Waals surface area contributed by atoms with Gasteiger partial charge < -0.3 is 15.5 Å². The molecule has 1 heterocycles. The molecule has 2 atom stereocenters. The van der Waals surface area contributed by atoms with E-state index in [1.54, 1.807) is 0 Å². The van der Waals surface area contributed by atoms with Crippen molar-refractivity contribution in [2.45, 2.75) is 39.8 Å². The maximum absolute atomic E-state index is 4.77. The van der Waals surface area contributed by atoms with Gasteiger partial charge in [0.15, 0.2) is 5.96 Å². The van der Waals surface area contributed by atoms with Gasteiger partial charge in [-0.2, -0.15) is 0 Å². The van der Waals surface area contributed by atoms with E-state index in [1.807, 2.05) is 0 Å². The Labute approximate surface area is 148 Å². The molecule has 2 N–H and O–H groups in total. The lowest BCUT2D eigenvalue weighted by atomic mass is 10.1. The fraction of sp³-hybridized carbons (Fsp3) is 0.933. The Morgan fingerprint density at radius 3 is 2.48 bits per heavy atom. The standard InChI is InChI=1S/C15H33N5.HI/c1-7-16-15(18-13(4)12(2)3)17-10-14-11-19(5)8-9-20(14)6;/h12-14H,7-11H2,1-6H3,(H2,16,17,18);1H. The van der Waals surface area contributed by atoms with E-state index < -0.39 is 0 Å². The van der Waals surface area contributed by atoms with Crippen molar-refractivity contribution >= 4 is 29.9 Å². The van der Waals surface area contributed by atoms with Crippen LogP contribution < -0.4 is 10.6 Å². The number of hydrogen-bond donors (Lipinski definition) is 2. The van der Waals surface area contributed by atoms with Crippen molar-refractivity contribution in [2.24, 2.45) is 10.9 Å². The first-order valence-electron chi connectivity index (χ1n) is 7.87. The minimum atomic E-state index is 0. The SMILES string of the molecule is CCNC(=NCC1CN(C)CCN1C)NC(C)C(C)C.I. The second-order valence-electron chi connectivity index (χ2n) is 6.29. The monoisotopic (exact) mass is 411 g/mol. The summed E-state index contributed by atoms with van der Waals surface area (Å²) in [5, 5.41) is 6.83. The van der Waals surface area contributed by atoms with E-state index in [9.17, 15) is 0 Å². The molecule has 0 amide bonds. The molecule has 0 aromatic heterocycles. The predicted octanol–water partition coefficient (Wildman–Crippen LogP) is 1.45. The lowest BCUT2D eigenvalue weighted by Crippen LogP contribution is -2.52. The van der Waals surface area contributed by atoms with Gasteiger partial charge in [-0.15, -0.1) is 24.0 Å². The first kappa shape index (κ1) is 20.9. The molecule has 1 fully saturated rings. The first-order valence-corrected chi connectivity index (χ1v) is 7.87. The van der Waals surface area contributed by atoms with Crippen LogP contribution in [0.15, 0.2) is 4.99 Å². The van der Waals surface area contributed by atoms with Crippen molar-refractivity contribution in [3.05, 3.63) is 0 Å². The largest absolute Gasteiger partial charge is 0.357 e. The lowest BCUT2D eigenvalue weighted by molar-refractivity contribution is 0.119. The molecule has 126 valence electrons. The number of nitrogens with zero attached hydrogens (tertiary/aromatic N) is 3. The molecule has 1 saturated heterocycles. The average molecular weight is 411 g/mol. The van der Waals surface area contributed by atoms with Crippen molar-refractivity contribution in [1.29, 1.82) is 0 Å². The second-order valence-corrected chi connectivity index (χ2v) is 6.29. The van der Waals surface area contributed by atoms with Crippen LogP contribution in [-0.4, -0.2) is 74.7 Å². The third kappa shape index (κ3) is 7.65. The van der Waals surface area contributed by atoms with E-state index >= 15 is 0 Å². The lowest BCUT2D eigenvalue weighted by Gasteiger charge is -2.37. The van der Waals surface area contributed by atoms with Crippen LogP contribution in [-0.2, 0) is 0 Å². The van der Waals surface area contributed by atoms with Gasteiger partial charge in [0.2, 0.25) is 0 Å². The normalized spacial score (nSPS) is 22.8. The average Bonchev–Trinajstić information content (AvgIpc) is 2.39. The summed E-state index contributed by atoms with van der Waals surface area (Å²) in [7, 11) is 4.39. The molecule has 5 nitrogen and oxygen atoms in total. The summed E-state index contributed by atoms with van der Waals surface area (Å²) >= 11 is 0. The third-order valence-corrected chi connectivity index (χ3v) is 4.15.